The van der Waals surface area contributed by atoms with E-state index >= 15 is 0 Å². The average molecular weight is 443 g/mol. The molecule has 0 aliphatic carbocycles. The van der Waals surface area contributed by atoms with E-state index in [9.17, 15) is 5.11 Å². The molecular weight excluding hydrogens is 384 g/mol. The fraction of sp³-hybridized carbons (Fsp3) is 1.00. The fourth-order valence-electron chi connectivity index (χ4n) is 6.07. The maximum absolute atomic E-state index is 9.59. The van der Waals surface area contributed by atoms with E-state index in [1.165, 1.54) is 44.9 Å². The van der Waals surface area contributed by atoms with Gasteiger partial charge in [0.05, 0.1) is 6.10 Å². The second-order valence-corrected chi connectivity index (χ2v) is 11.7. The highest BCUT2D eigenvalue weighted by Crippen LogP contribution is 2.30. The Hall–Kier alpha value is -0.120. The number of aliphatic hydroxyl groups excluding tert-OH is 1. The van der Waals surface area contributed by atoms with Gasteiger partial charge >= 0.3 is 0 Å². The van der Waals surface area contributed by atoms with Gasteiger partial charge in [-0.2, -0.15) is 0 Å². The molecule has 188 valence electrons. The SMILES string of the molecule is COCOCCCC(C)CC(C)CC(C)CC(C)CC(C)CC(C)CC(C)CC(C)O. The average Bonchev–Trinajstić information content (AvgIpc) is 2.59. The summed E-state index contributed by atoms with van der Waals surface area (Å²) in [7, 11) is 1.68. The molecule has 3 heteroatoms. The van der Waals surface area contributed by atoms with Crippen molar-refractivity contribution in [3.8, 4) is 0 Å². The molecule has 0 heterocycles. The third kappa shape index (κ3) is 19.1. The maximum atomic E-state index is 9.59. The second-order valence-electron chi connectivity index (χ2n) is 11.7. The van der Waals surface area contributed by atoms with Gasteiger partial charge in [0.15, 0.2) is 0 Å². The van der Waals surface area contributed by atoms with Crippen molar-refractivity contribution in [1.29, 1.82) is 0 Å². The summed E-state index contributed by atoms with van der Waals surface area (Å²) in [5.41, 5.74) is 0. The van der Waals surface area contributed by atoms with Gasteiger partial charge in [0.1, 0.15) is 6.79 Å². The van der Waals surface area contributed by atoms with Crippen molar-refractivity contribution in [3.63, 3.8) is 0 Å². The van der Waals surface area contributed by atoms with Crippen LogP contribution in [0.4, 0.5) is 0 Å². The molecule has 0 bridgehead atoms. The molecule has 31 heavy (non-hydrogen) atoms. The number of hydrogen-bond acceptors (Lipinski definition) is 3. The van der Waals surface area contributed by atoms with Crippen molar-refractivity contribution in [2.24, 2.45) is 41.4 Å². The van der Waals surface area contributed by atoms with E-state index in [-0.39, 0.29) is 6.10 Å². The summed E-state index contributed by atoms with van der Waals surface area (Å²) < 4.78 is 10.3. The maximum Gasteiger partial charge on any atom is 0.146 e. The first-order chi connectivity index (χ1) is 14.5. The van der Waals surface area contributed by atoms with E-state index in [1.807, 2.05) is 6.92 Å². The Bertz CT molecular complexity index is 398. The molecule has 0 aromatic heterocycles. The number of methoxy groups -OCH3 is 1. The molecule has 3 nitrogen and oxygen atoms in total. The number of ether oxygens (including phenoxy) is 2. The summed E-state index contributed by atoms with van der Waals surface area (Å²) in [6.07, 6.45) is 11.1. The van der Waals surface area contributed by atoms with Crippen molar-refractivity contribution in [2.75, 3.05) is 20.5 Å². The second kappa shape index (κ2) is 18.3. The molecule has 0 fully saturated rings. The minimum Gasteiger partial charge on any atom is -0.393 e. The van der Waals surface area contributed by atoms with Crippen LogP contribution >= 0.6 is 0 Å². The van der Waals surface area contributed by atoms with E-state index in [0.29, 0.717) is 12.7 Å². The Labute approximate surface area is 196 Å². The highest BCUT2D eigenvalue weighted by Gasteiger charge is 2.19. The van der Waals surface area contributed by atoms with Gasteiger partial charge in [-0.1, -0.05) is 48.5 Å². The molecular formula is C28H58O3. The fourth-order valence-corrected chi connectivity index (χ4v) is 6.07. The Morgan fingerprint density at radius 3 is 1.26 bits per heavy atom. The lowest BCUT2D eigenvalue weighted by Crippen LogP contribution is -2.15. The third-order valence-electron chi connectivity index (χ3n) is 6.76. The summed E-state index contributed by atoms with van der Waals surface area (Å²) in [6.45, 7) is 20.0. The van der Waals surface area contributed by atoms with Crippen LogP contribution in [0.2, 0.25) is 0 Å². The van der Waals surface area contributed by atoms with Gasteiger partial charge < -0.3 is 14.6 Å². The predicted molar refractivity (Wildman–Crippen MR) is 135 cm³/mol. The third-order valence-corrected chi connectivity index (χ3v) is 6.76. The first kappa shape index (κ1) is 30.9. The number of aliphatic hydroxyl groups is 1. The molecule has 1 N–H and O–H groups in total. The van der Waals surface area contributed by atoms with Crippen LogP contribution < -0.4 is 0 Å². The molecule has 0 aromatic rings. The lowest BCUT2D eigenvalue weighted by atomic mass is 9.80. The quantitative estimate of drug-likeness (QED) is 0.153. The molecule has 0 radical (unpaired) electrons. The minimum atomic E-state index is -0.165. The zero-order valence-corrected chi connectivity index (χ0v) is 22.7. The largest absolute Gasteiger partial charge is 0.393 e. The highest BCUT2D eigenvalue weighted by atomic mass is 16.7. The normalized spacial score (nSPS) is 19.9. The van der Waals surface area contributed by atoms with Crippen molar-refractivity contribution in [3.05, 3.63) is 0 Å². The lowest BCUT2D eigenvalue weighted by molar-refractivity contribution is -0.0323. The molecule has 0 aliphatic heterocycles. The van der Waals surface area contributed by atoms with Crippen LogP contribution in [-0.4, -0.2) is 31.7 Å². The van der Waals surface area contributed by atoms with Gasteiger partial charge in [-0.05, 0) is 106 Å². The first-order valence-corrected chi connectivity index (χ1v) is 13.3. The van der Waals surface area contributed by atoms with Crippen LogP contribution in [0.1, 0.15) is 113 Å². The summed E-state index contributed by atoms with van der Waals surface area (Å²) in [6, 6.07) is 0. The molecule has 0 spiro atoms. The summed E-state index contributed by atoms with van der Waals surface area (Å²) in [5.74, 6) is 5.41. The van der Waals surface area contributed by atoms with Crippen LogP contribution in [0.5, 0.6) is 0 Å². The van der Waals surface area contributed by atoms with Crippen molar-refractivity contribution in [1.82, 2.24) is 0 Å². The molecule has 8 unspecified atom stereocenters. The van der Waals surface area contributed by atoms with E-state index in [0.717, 1.165) is 55.0 Å². The van der Waals surface area contributed by atoms with E-state index in [2.05, 4.69) is 48.5 Å². The van der Waals surface area contributed by atoms with Gasteiger partial charge in [-0.15, -0.1) is 0 Å². The first-order valence-electron chi connectivity index (χ1n) is 13.3. The summed E-state index contributed by atoms with van der Waals surface area (Å²) in [4.78, 5) is 0. The molecule has 0 aliphatic rings. The van der Waals surface area contributed by atoms with Crippen LogP contribution in [0.25, 0.3) is 0 Å². The smallest absolute Gasteiger partial charge is 0.146 e. The van der Waals surface area contributed by atoms with E-state index in [1.54, 1.807) is 7.11 Å². The molecule has 8 atom stereocenters. The van der Waals surface area contributed by atoms with Crippen LogP contribution in [0, 0.1) is 41.4 Å². The summed E-state index contributed by atoms with van der Waals surface area (Å²) in [5, 5.41) is 9.59. The Morgan fingerprint density at radius 2 is 0.903 bits per heavy atom. The van der Waals surface area contributed by atoms with Crippen molar-refractivity contribution >= 4 is 0 Å². The van der Waals surface area contributed by atoms with Crippen LogP contribution in [-0.2, 0) is 9.47 Å². The van der Waals surface area contributed by atoms with Gasteiger partial charge in [0.25, 0.3) is 0 Å². The topological polar surface area (TPSA) is 38.7 Å². The van der Waals surface area contributed by atoms with Gasteiger partial charge in [0, 0.05) is 13.7 Å². The molecule has 0 aromatic carbocycles. The van der Waals surface area contributed by atoms with Gasteiger partial charge in [0.2, 0.25) is 0 Å². The van der Waals surface area contributed by atoms with Crippen molar-refractivity contribution < 1.29 is 14.6 Å². The van der Waals surface area contributed by atoms with E-state index < -0.39 is 0 Å². The zero-order valence-electron chi connectivity index (χ0n) is 22.7. The Morgan fingerprint density at radius 1 is 0.548 bits per heavy atom. The van der Waals surface area contributed by atoms with Crippen LogP contribution in [0.3, 0.4) is 0 Å². The van der Waals surface area contributed by atoms with Gasteiger partial charge in [-0.3, -0.25) is 0 Å². The Balaban J connectivity index is 4.03. The van der Waals surface area contributed by atoms with Gasteiger partial charge in [-0.25, -0.2) is 0 Å². The zero-order chi connectivity index (χ0) is 23.8. The minimum absolute atomic E-state index is 0.165. The molecule has 0 saturated heterocycles. The monoisotopic (exact) mass is 442 g/mol. The highest BCUT2D eigenvalue weighted by molar-refractivity contribution is 4.70. The Kier molecular flexibility index (Phi) is 18.3. The van der Waals surface area contributed by atoms with Crippen LogP contribution in [0.15, 0.2) is 0 Å². The summed E-state index contributed by atoms with van der Waals surface area (Å²) >= 11 is 0. The standard InChI is InChI=1S/C28H58O3/c1-21(11-10-12-31-20-30-9)13-22(2)14-23(3)15-24(4)16-25(5)17-26(6)18-27(7)19-28(8)29/h21-29H,10-20H2,1-9H3. The predicted octanol–water partition coefficient (Wildman–Crippen LogP) is 7.95. The van der Waals surface area contributed by atoms with E-state index in [4.69, 9.17) is 9.47 Å². The van der Waals surface area contributed by atoms with Crippen molar-refractivity contribution in [2.45, 2.75) is 119 Å². The lowest BCUT2D eigenvalue weighted by Gasteiger charge is -2.26. The number of hydrogen-bond donors (Lipinski definition) is 1. The number of rotatable bonds is 20. The molecule has 0 rings (SSSR count). The molecule has 0 amide bonds. The molecule has 0 saturated carbocycles.